The standard InChI is InChI=1S/C32H31NO4/c1-3-4-6-11-22-19-28-31(29(34)20-22)30-26(32(35)36-2)16-10-17-27(30)33(28)21-23-12-9-15-25(18-23)37-24-13-7-5-8-14-24/h5,7-10,12-20,34H,3-4,6,11,21H2,1-2H3. The number of nitrogens with zero attached hydrogens (tertiary/aromatic N) is 1. The van der Waals surface area contributed by atoms with Gasteiger partial charge in [-0.1, -0.05) is 56.2 Å². The van der Waals surface area contributed by atoms with Crippen LogP contribution in [0.4, 0.5) is 0 Å². The summed E-state index contributed by atoms with van der Waals surface area (Å²) in [4.78, 5) is 12.7. The van der Waals surface area contributed by atoms with Gasteiger partial charge in [-0.15, -0.1) is 0 Å². The molecule has 1 heterocycles. The van der Waals surface area contributed by atoms with Gasteiger partial charge in [0, 0.05) is 11.9 Å². The van der Waals surface area contributed by atoms with Gasteiger partial charge >= 0.3 is 5.97 Å². The van der Waals surface area contributed by atoms with Crippen molar-refractivity contribution in [3.8, 4) is 17.2 Å². The van der Waals surface area contributed by atoms with Crippen LogP contribution in [0.5, 0.6) is 17.2 Å². The van der Waals surface area contributed by atoms with Crippen LogP contribution in [0.1, 0.15) is 47.7 Å². The minimum atomic E-state index is -0.422. The van der Waals surface area contributed by atoms with Crippen molar-refractivity contribution in [2.75, 3.05) is 7.11 Å². The highest BCUT2D eigenvalue weighted by Gasteiger charge is 2.21. The van der Waals surface area contributed by atoms with Gasteiger partial charge in [0.1, 0.15) is 17.2 Å². The molecule has 0 saturated heterocycles. The molecule has 0 radical (unpaired) electrons. The highest BCUT2D eigenvalue weighted by Crippen LogP contribution is 2.39. The Labute approximate surface area is 216 Å². The molecule has 0 atom stereocenters. The fraction of sp³-hybridized carbons (Fsp3) is 0.219. The number of phenols is 1. The Morgan fingerprint density at radius 3 is 2.38 bits per heavy atom. The van der Waals surface area contributed by atoms with Gasteiger partial charge in [0.2, 0.25) is 0 Å². The summed E-state index contributed by atoms with van der Waals surface area (Å²) in [6.07, 6.45) is 4.23. The molecule has 1 N–H and O–H groups in total. The smallest absolute Gasteiger partial charge is 0.338 e. The van der Waals surface area contributed by atoms with E-state index < -0.39 is 5.97 Å². The van der Waals surface area contributed by atoms with Crippen molar-refractivity contribution < 1.29 is 19.4 Å². The number of phenolic OH excluding ortho intramolecular Hbond substituents is 1. The van der Waals surface area contributed by atoms with Crippen molar-refractivity contribution in [3.05, 3.63) is 102 Å². The number of carbonyl (C=O) groups is 1. The molecule has 5 heteroatoms. The predicted octanol–water partition coefficient (Wildman–Crippen LogP) is 7.86. The van der Waals surface area contributed by atoms with E-state index >= 15 is 0 Å². The Kier molecular flexibility index (Phi) is 7.13. The highest BCUT2D eigenvalue weighted by molar-refractivity contribution is 6.19. The topological polar surface area (TPSA) is 60.7 Å². The SMILES string of the molecule is CCCCCc1cc(O)c2c3c(C(=O)OC)cccc3n(Cc3cccc(Oc4ccccc4)c3)c2c1. The molecule has 0 unspecified atom stereocenters. The first-order chi connectivity index (χ1) is 18.1. The molecule has 0 fully saturated rings. The molecule has 5 aromatic rings. The number of unbranched alkanes of at least 4 members (excludes halogenated alkanes) is 2. The Bertz CT molecular complexity index is 1550. The lowest BCUT2D eigenvalue weighted by atomic mass is 10.0. The summed E-state index contributed by atoms with van der Waals surface area (Å²) < 4.78 is 13.3. The van der Waals surface area contributed by atoms with Crippen molar-refractivity contribution in [2.24, 2.45) is 0 Å². The van der Waals surface area contributed by atoms with Crippen LogP contribution >= 0.6 is 0 Å². The third kappa shape index (κ3) is 5.03. The van der Waals surface area contributed by atoms with E-state index in [0.717, 1.165) is 59.3 Å². The Morgan fingerprint density at radius 1 is 0.811 bits per heavy atom. The van der Waals surface area contributed by atoms with Crippen molar-refractivity contribution in [1.82, 2.24) is 4.57 Å². The van der Waals surface area contributed by atoms with Crippen LogP contribution < -0.4 is 4.74 Å². The number of aromatic hydroxyl groups is 1. The number of benzene rings is 4. The molecule has 0 aliphatic rings. The molecule has 0 spiro atoms. The summed E-state index contributed by atoms with van der Waals surface area (Å²) in [5.41, 5.74) is 4.34. The number of rotatable bonds is 9. The monoisotopic (exact) mass is 493 g/mol. The summed E-state index contributed by atoms with van der Waals surface area (Å²) in [6, 6.07) is 27.3. The van der Waals surface area contributed by atoms with Crippen LogP contribution in [-0.4, -0.2) is 22.8 Å². The molecule has 5 nitrogen and oxygen atoms in total. The number of carbonyl (C=O) groups excluding carboxylic acids is 1. The Balaban J connectivity index is 1.63. The van der Waals surface area contributed by atoms with E-state index in [2.05, 4.69) is 23.6 Å². The van der Waals surface area contributed by atoms with Crippen molar-refractivity contribution in [3.63, 3.8) is 0 Å². The second kappa shape index (κ2) is 10.8. The Hall–Kier alpha value is -4.25. The molecule has 5 rings (SSSR count). The van der Waals surface area contributed by atoms with Crippen LogP contribution in [0, 0.1) is 0 Å². The number of fused-ring (bicyclic) bond motifs is 3. The van der Waals surface area contributed by atoms with Gasteiger partial charge in [0.05, 0.1) is 29.1 Å². The number of aryl methyl sites for hydroxylation is 1. The maximum Gasteiger partial charge on any atom is 0.338 e. The molecule has 0 aliphatic heterocycles. The van der Waals surface area contributed by atoms with Gasteiger partial charge in [-0.3, -0.25) is 0 Å². The minimum Gasteiger partial charge on any atom is -0.507 e. The number of para-hydroxylation sites is 1. The predicted molar refractivity (Wildman–Crippen MR) is 148 cm³/mol. The first-order valence-electron chi connectivity index (χ1n) is 12.8. The van der Waals surface area contributed by atoms with Crippen LogP contribution in [0.25, 0.3) is 21.8 Å². The van der Waals surface area contributed by atoms with Crippen molar-refractivity contribution in [2.45, 2.75) is 39.2 Å². The molecule has 37 heavy (non-hydrogen) atoms. The van der Waals surface area contributed by atoms with Gasteiger partial charge in [0.25, 0.3) is 0 Å². The first-order valence-corrected chi connectivity index (χ1v) is 12.8. The molecule has 0 bridgehead atoms. The van der Waals surface area contributed by atoms with Gasteiger partial charge in [-0.2, -0.15) is 0 Å². The Morgan fingerprint density at radius 2 is 1.59 bits per heavy atom. The van der Waals surface area contributed by atoms with E-state index in [9.17, 15) is 9.90 Å². The van der Waals surface area contributed by atoms with E-state index in [0.29, 0.717) is 22.9 Å². The van der Waals surface area contributed by atoms with Gasteiger partial charge in [-0.05, 0) is 72.5 Å². The summed E-state index contributed by atoms with van der Waals surface area (Å²) >= 11 is 0. The third-order valence-electron chi connectivity index (χ3n) is 6.72. The second-order valence-corrected chi connectivity index (χ2v) is 9.31. The number of hydrogen-bond donors (Lipinski definition) is 1. The lowest BCUT2D eigenvalue weighted by molar-refractivity contribution is 0.0603. The maximum atomic E-state index is 12.7. The molecular formula is C32H31NO4. The normalized spacial score (nSPS) is 11.2. The zero-order valence-corrected chi connectivity index (χ0v) is 21.2. The van der Waals surface area contributed by atoms with Crippen LogP contribution in [0.3, 0.4) is 0 Å². The maximum absolute atomic E-state index is 12.7. The van der Waals surface area contributed by atoms with Gasteiger partial charge in [0.15, 0.2) is 0 Å². The molecule has 0 amide bonds. The third-order valence-corrected chi connectivity index (χ3v) is 6.72. The number of methoxy groups -OCH3 is 1. The van der Waals surface area contributed by atoms with Crippen LogP contribution in [0.15, 0.2) is 84.9 Å². The van der Waals surface area contributed by atoms with E-state index in [1.165, 1.54) is 7.11 Å². The average molecular weight is 494 g/mol. The van der Waals surface area contributed by atoms with Crippen molar-refractivity contribution >= 4 is 27.8 Å². The molecule has 0 saturated carbocycles. The van der Waals surface area contributed by atoms with Crippen LogP contribution in [-0.2, 0) is 17.7 Å². The zero-order chi connectivity index (χ0) is 25.8. The quantitative estimate of drug-likeness (QED) is 0.168. The van der Waals surface area contributed by atoms with Crippen LogP contribution in [0.2, 0.25) is 0 Å². The van der Waals surface area contributed by atoms with E-state index in [-0.39, 0.29) is 5.75 Å². The molecular weight excluding hydrogens is 462 g/mol. The van der Waals surface area contributed by atoms with E-state index in [1.54, 1.807) is 6.07 Å². The van der Waals surface area contributed by atoms with E-state index in [4.69, 9.17) is 9.47 Å². The summed E-state index contributed by atoms with van der Waals surface area (Å²) in [7, 11) is 1.38. The van der Waals surface area contributed by atoms with Gasteiger partial charge < -0.3 is 19.1 Å². The summed E-state index contributed by atoms with van der Waals surface area (Å²) in [5, 5.41) is 12.6. The summed E-state index contributed by atoms with van der Waals surface area (Å²) in [6.45, 7) is 2.73. The van der Waals surface area contributed by atoms with E-state index in [1.807, 2.05) is 66.7 Å². The van der Waals surface area contributed by atoms with Gasteiger partial charge in [-0.25, -0.2) is 4.79 Å². The minimum absolute atomic E-state index is 0.185. The number of ether oxygens (including phenoxy) is 2. The number of aromatic nitrogens is 1. The van der Waals surface area contributed by atoms with Crippen molar-refractivity contribution in [1.29, 1.82) is 0 Å². The lowest BCUT2D eigenvalue weighted by Gasteiger charge is -2.11. The zero-order valence-electron chi connectivity index (χ0n) is 21.2. The fourth-order valence-corrected chi connectivity index (χ4v) is 4.98. The molecule has 1 aromatic heterocycles. The summed E-state index contributed by atoms with van der Waals surface area (Å²) in [5.74, 6) is 1.29. The first kappa shape index (κ1) is 24.4. The largest absolute Gasteiger partial charge is 0.507 e. The number of esters is 1. The number of hydrogen-bond acceptors (Lipinski definition) is 4. The fourth-order valence-electron chi connectivity index (χ4n) is 4.98. The average Bonchev–Trinajstić information content (AvgIpc) is 3.23. The molecule has 188 valence electrons. The molecule has 4 aromatic carbocycles. The highest BCUT2D eigenvalue weighted by atomic mass is 16.5. The molecule has 0 aliphatic carbocycles. The lowest BCUT2D eigenvalue weighted by Crippen LogP contribution is -2.03. The second-order valence-electron chi connectivity index (χ2n) is 9.31.